The Bertz CT molecular complexity index is 2490. The molecular formula is C74H128N8O14. The largest absolute Gasteiger partial charge is 0.469 e. The van der Waals surface area contributed by atoms with Gasteiger partial charge in [0, 0.05) is 101 Å². The summed E-state index contributed by atoms with van der Waals surface area (Å²) in [6.45, 7) is 23.9. The molecule has 0 bridgehead atoms. The number of hydrogen-bond donors (Lipinski definition) is 4. The van der Waals surface area contributed by atoms with Gasteiger partial charge in [-0.3, -0.25) is 52.7 Å². The van der Waals surface area contributed by atoms with Crippen molar-refractivity contribution in [3.05, 3.63) is 35.9 Å². The van der Waals surface area contributed by atoms with Gasteiger partial charge >= 0.3 is 17.9 Å². The molecule has 0 saturated heterocycles. The van der Waals surface area contributed by atoms with E-state index in [2.05, 4.69) is 35.1 Å². The van der Waals surface area contributed by atoms with Gasteiger partial charge in [0.25, 0.3) is 0 Å². The zero-order chi connectivity index (χ0) is 72.3. The maximum atomic E-state index is 15.2. The molecule has 0 aromatic heterocycles. The molecule has 1 rings (SSSR count). The summed E-state index contributed by atoms with van der Waals surface area (Å²) in [5.74, 6) is -3.90. The maximum absolute atomic E-state index is 15.2. The first-order valence-electron chi connectivity index (χ1n) is 36.0. The quantitative estimate of drug-likeness (QED) is 0.0268. The number of amides is 8. The van der Waals surface area contributed by atoms with Crippen molar-refractivity contribution in [2.75, 3.05) is 54.1 Å². The molecule has 0 spiro atoms. The second-order valence-electron chi connectivity index (χ2n) is 28.6. The lowest BCUT2D eigenvalue weighted by molar-refractivity contribution is -0.144. The van der Waals surface area contributed by atoms with Crippen molar-refractivity contribution in [3.63, 3.8) is 0 Å². The molecule has 4 atom stereocenters. The van der Waals surface area contributed by atoms with E-state index in [0.29, 0.717) is 90.1 Å². The molecule has 22 nitrogen and oxygen atoms in total. The number of nitrogens with one attached hydrogen (secondary N) is 4. The number of ether oxygens (including phenoxy) is 3. The highest BCUT2D eigenvalue weighted by atomic mass is 16.5. The topological polar surface area (TPSA) is 277 Å². The van der Waals surface area contributed by atoms with Crippen LogP contribution in [-0.2, 0) is 73.4 Å². The lowest BCUT2D eigenvalue weighted by Gasteiger charge is -2.34. The Balaban J connectivity index is 3.92. The first-order valence-corrected chi connectivity index (χ1v) is 36.0. The molecule has 22 heteroatoms. The molecule has 4 N–H and O–H groups in total. The van der Waals surface area contributed by atoms with Crippen LogP contribution in [0.3, 0.4) is 0 Å². The highest BCUT2D eigenvalue weighted by Crippen LogP contribution is 2.23. The van der Waals surface area contributed by atoms with E-state index in [0.717, 1.165) is 50.5 Å². The van der Waals surface area contributed by atoms with Crippen molar-refractivity contribution in [1.29, 1.82) is 0 Å². The minimum Gasteiger partial charge on any atom is -0.469 e. The fourth-order valence-electron chi connectivity index (χ4n) is 11.5. The van der Waals surface area contributed by atoms with Crippen molar-refractivity contribution in [2.45, 2.75) is 316 Å². The Labute approximate surface area is 577 Å². The van der Waals surface area contributed by atoms with Gasteiger partial charge in [0.15, 0.2) is 0 Å². The minimum absolute atomic E-state index is 0.0612. The number of unbranched alkanes of at least 4 members (excludes halogenated alkanes) is 11. The first kappa shape index (κ1) is 87.4. The zero-order valence-corrected chi connectivity index (χ0v) is 61.9. The minimum atomic E-state index is -1.10. The highest BCUT2D eigenvalue weighted by Gasteiger charge is 2.36. The molecule has 548 valence electrons. The van der Waals surface area contributed by atoms with Crippen LogP contribution in [-0.4, -0.2) is 180 Å². The summed E-state index contributed by atoms with van der Waals surface area (Å²) in [7, 11) is 3.95. The van der Waals surface area contributed by atoms with Gasteiger partial charge in [0.05, 0.1) is 21.3 Å². The molecule has 4 unspecified atom stereocenters. The van der Waals surface area contributed by atoms with E-state index in [1.165, 1.54) is 26.2 Å². The lowest BCUT2D eigenvalue weighted by atomic mass is 10.0. The number of nitrogens with zero attached hydrogens (tertiary/aromatic N) is 4. The maximum Gasteiger partial charge on any atom is 0.305 e. The molecule has 1 aromatic carbocycles. The van der Waals surface area contributed by atoms with Gasteiger partial charge in [-0.1, -0.05) is 115 Å². The predicted molar refractivity (Wildman–Crippen MR) is 376 cm³/mol. The predicted octanol–water partition coefficient (Wildman–Crippen LogP) is 10.8. The molecule has 0 heterocycles. The van der Waals surface area contributed by atoms with Gasteiger partial charge < -0.3 is 55.1 Å². The zero-order valence-electron chi connectivity index (χ0n) is 61.9. The Morgan fingerprint density at radius 1 is 0.354 bits per heavy atom. The van der Waals surface area contributed by atoms with Crippen LogP contribution in [0.5, 0.6) is 0 Å². The van der Waals surface area contributed by atoms with E-state index >= 15 is 9.59 Å². The first-order chi connectivity index (χ1) is 45.4. The summed E-state index contributed by atoms with van der Waals surface area (Å²) >= 11 is 0. The van der Waals surface area contributed by atoms with Crippen molar-refractivity contribution in [3.8, 4) is 0 Å². The number of rotatable bonds is 50. The Morgan fingerprint density at radius 2 is 0.667 bits per heavy atom. The van der Waals surface area contributed by atoms with Gasteiger partial charge in [0.2, 0.25) is 47.3 Å². The van der Waals surface area contributed by atoms with Crippen LogP contribution in [0.1, 0.15) is 275 Å². The van der Waals surface area contributed by atoms with Crippen LogP contribution in [0.4, 0.5) is 0 Å². The summed E-state index contributed by atoms with van der Waals surface area (Å²) < 4.78 is 14.6. The third-order valence-corrected chi connectivity index (χ3v) is 16.5. The van der Waals surface area contributed by atoms with Gasteiger partial charge in [-0.15, -0.1) is 0 Å². The standard InChI is InChI=1S/C74H128N8O14/c1-16-19-22-31-51-79(58(41-35-47-66(88)95-14)70(92)77-73(7,8)9)61(83)43-29-25-33-54-82(63(85)45-37-44-62(84)80(52-32-23-20-17-2)59(42-36-48-67(89)96-15)71(93)78-74(10,11)12)60(55-56-38-27-24-28-39-56)68(90)75-50-49-64(86)81(53-34-26-30-46-65(87)94-13)57(40-21-18-3)69(91)76-72(4,5)6/h24,27-28,38-39,57-60H,16-23,25-26,29-37,40-55H2,1-15H3,(H,75,90)(H,76,91)(H,77,92)(H,78,93). The van der Waals surface area contributed by atoms with Gasteiger partial charge in [-0.25, -0.2) is 0 Å². The SMILES string of the molecule is CCCCCCN(C(=O)CCCCCN(C(=O)CCCC(=O)N(CCCCCC)C(CCCC(=O)OC)C(=O)NC(C)(C)C)C(Cc1ccccc1)C(=O)NCCC(=O)N(CCCCCC(=O)OC)C(CCCC)C(=O)NC(C)(C)C)C(CCCC(=O)OC)C(=O)NC(C)(C)C. The lowest BCUT2D eigenvalue weighted by Crippen LogP contribution is -2.55. The Hall–Kier alpha value is -6.61. The molecule has 1 aromatic rings. The van der Waals surface area contributed by atoms with Crippen LogP contribution < -0.4 is 21.3 Å². The van der Waals surface area contributed by atoms with Crippen LogP contribution in [0.15, 0.2) is 30.3 Å². The summed E-state index contributed by atoms with van der Waals surface area (Å²) in [6, 6.07) is 5.65. The molecule has 0 radical (unpaired) electrons. The summed E-state index contributed by atoms with van der Waals surface area (Å²) in [4.78, 5) is 159. The molecule has 0 aliphatic heterocycles. The van der Waals surface area contributed by atoms with Gasteiger partial charge in [0.1, 0.15) is 24.2 Å². The van der Waals surface area contributed by atoms with Gasteiger partial charge in [-0.2, -0.15) is 0 Å². The second kappa shape index (κ2) is 48.2. The summed E-state index contributed by atoms with van der Waals surface area (Å²) in [5.41, 5.74) is -1.03. The number of benzene rings is 1. The smallest absolute Gasteiger partial charge is 0.305 e. The van der Waals surface area contributed by atoms with Crippen molar-refractivity contribution >= 4 is 65.2 Å². The number of carbonyl (C=O) groups excluding carboxylic acids is 11. The summed E-state index contributed by atoms with van der Waals surface area (Å²) in [5, 5.41) is 12.2. The molecule has 96 heavy (non-hydrogen) atoms. The van der Waals surface area contributed by atoms with Crippen LogP contribution in [0, 0.1) is 0 Å². The summed E-state index contributed by atoms with van der Waals surface area (Å²) in [6.07, 6.45) is 12.9. The molecule has 0 saturated carbocycles. The van der Waals surface area contributed by atoms with E-state index in [-0.39, 0.29) is 132 Å². The van der Waals surface area contributed by atoms with Crippen molar-refractivity contribution in [1.82, 2.24) is 40.9 Å². The monoisotopic (exact) mass is 1350 g/mol. The van der Waals surface area contributed by atoms with E-state index in [9.17, 15) is 43.2 Å². The fraction of sp³-hybridized carbons (Fsp3) is 0.770. The Morgan fingerprint density at radius 3 is 1.02 bits per heavy atom. The van der Waals surface area contributed by atoms with E-state index < -0.39 is 64.5 Å². The Kier molecular flexibility index (Phi) is 43.8. The fourth-order valence-corrected chi connectivity index (χ4v) is 11.5. The second-order valence-corrected chi connectivity index (χ2v) is 28.6. The normalized spacial score (nSPS) is 12.8. The third-order valence-electron chi connectivity index (χ3n) is 16.5. The number of carbonyl (C=O) groups is 11. The number of esters is 3. The highest BCUT2D eigenvalue weighted by molar-refractivity contribution is 5.91. The van der Waals surface area contributed by atoms with E-state index in [1.807, 2.05) is 99.6 Å². The van der Waals surface area contributed by atoms with E-state index in [1.54, 1.807) is 14.7 Å². The number of hydrogen-bond acceptors (Lipinski definition) is 14. The van der Waals surface area contributed by atoms with Crippen LogP contribution >= 0.6 is 0 Å². The van der Waals surface area contributed by atoms with Crippen molar-refractivity contribution in [2.24, 2.45) is 0 Å². The average molecular weight is 1350 g/mol. The van der Waals surface area contributed by atoms with Crippen molar-refractivity contribution < 1.29 is 67.0 Å². The molecule has 0 aliphatic carbocycles. The molecule has 8 amide bonds. The third kappa shape index (κ3) is 38.4. The molecular weight excluding hydrogens is 1220 g/mol. The molecule has 0 aliphatic rings. The van der Waals surface area contributed by atoms with Crippen LogP contribution in [0.25, 0.3) is 0 Å². The number of methoxy groups -OCH3 is 3. The average Bonchev–Trinajstić information content (AvgIpc) is 0.922. The van der Waals surface area contributed by atoms with E-state index in [4.69, 9.17) is 14.2 Å². The van der Waals surface area contributed by atoms with Gasteiger partial charge in [-0.05, 0) is 145 Å². The molecule has 0 fully saturated rings. The van der Waals surface area contributed by atoms with Crippen LogP contribution in [0.2, 0.25) is 0 Å².